The van der Waals surface area contributed by atoms with Gasteiger partial charge in [-0.2, -0.15) is 0 Å². The number of ketones is 1. The number of allylic oxidation sites excluding steroid dienone is 1. The Balaban J connectivity index is 2.18. The lowest BCUT2D eigenvalue weighted by Gasteiger charge is -2.09. The highest BCUT2D eigenvalue weighted by atomic mass is 79.9. The fourth-order valence-corrected chi connectivity index (χ4v) is 2.36. The Morgan fingerprint density at radius 1 is 1.19 bits per heavy atom. The van der Waals surface area contributed by atoms with Crippen LogP contribution in [0.15, 0.2) is 64.1 Å². The minimum atomic E-state index is -0.353. The van der Waals surface area contributed by atoms with Gasteiger partial charge in [0.2, 0.25) is 0 Å². The summed E-state index contributed by atoms with van der Waals surface area (Å²) < 4.78 is 14.5. The summed E-state index contributed by atoms with van der Waals surface area (Å²) >= 11 is 4.68. The van der Waals surface area contributed by atoms with E-state index in [2.05, 4.69) is 21.2 Å². The molecule has 0 aliphatic carbocycles. The van der Waals surface area contributed by atoms with Gasteiger partial charge in [0.15, 0.2) is 5.78 Å². The van der Waals surface area contributed by atoms with Crippen LogP contribution in [0.4, 0.5) is 10.1 Å². The first kappa shape index (κ1) is 15.8. The van der Waals surface area contributed by atoms with E-state index in [9.17, 15) is 9.18 Å². The molecule has 0 bridgehead atoms. The summed E-state index contributed by atoms with van der Waals surface area (Å²) in [5, 5.41) is 3.52. The first-order chi connectivity index (χ1) is 10.1. The molecule has 0 amide bonds. The number of anilines is 1. The number of carbonyl (C=O) groups is 1. The van der Waals surface area contributed by atoms with Crippen LogP contribution in [0.2, 0.25) is 0 Å². The fourth-order valence-electron chi connectivity index (χ4n) is 1.66. The van der Waals surface area contributed by atoms with E-state index in [1.165, 1.54) is 23.9 Å². The highest BCUT2D eigenvalue weighted by molar-refractivity contribution is 9.10. The molecule has 5 heteroatoms. The van der Waals surface area contributed by atoms with Crippen molar-refractivity contribution < 1.29 is 9.18 Å². The zero-order valence-electron chi connectivity index (χ0n) is 11.3. The Morgan fingerprint density at radius 2 is 1.86 bits per heavy atom. The number of nitrogens with one attached hydrogen (secondary N) is 1. The molecule has 0 saturated heterocycles. The van der Waals surface area contributed by atoms with E-state index < -0.39 is 0 Å². The van der Waals surface area contributed by atoms with Crippen LogP contribution >= 0.6 is 27.7 Å². The molecule has 2 aromatic carbocycles. The number of carbonyl (C=O) groups excluding carboxylic acids is 1. The van der Waals surface area contributed by atoms with Gasteiger partial charge in [-0.05, 0) is 42.7 Å². The van der Waals surface area contributed by atoms with E-state index in [4.69, 9.17) is 0 Å². The van der Waals surface area contributed by atoms with E-state index in [0.717, 1.165) is 4.47 Å². The van der Waals surface area contributed by atoms with Gasteiger partial charge in [-0.15, -0.1) is 11.8 Å². The van der Waals surface area contributed by atoms with Crippen LogP contribution in [0.25, 0.3) is 0 Å². The van der Waals surface area contributed by atoms with E-state index in [0.29, 0.717) is 16.3 Å². The van der Waals surface area contributed by atoms with Crippen LogP contribution in [-0.4, -0.2) is 12.0 Å². The van der Waals surface area contributed by atoms with Gasteiger partial charge >= 0.3 is 0 Å². The second-order valence-electron chi connectivity index (χ2n) is 4.19. The van der Waals surface area contributed by atoms with Gasteiger partial charge in [0, 0.05) is 16.1 Å². The Morgan fingerprint density at radius 3 is 2.48 bits per heavy atom. The Kier molecular flexibility index (Phi) is 5.59. The van der Waals surface area contributed by atoms with Gasteiger partial charge < -0.3 is 5.32 Å². The second-order valence-corrected chi connectivity index (χ2v) is 5.95. The molecule has 2 nitrogen and oxygen atoms in total. The largest absolute Gasteiger partial charge is 0.348 e. The molecule has 0 atom stereocenters. The molecule has 0 spiro atoms. The van der Waals surface area contributed by atoms with E-state index in [1.807, 2.05) is 18.4 Å². The van der Waals surface area contributed by atoms with E-state index in [-0.39, 0.29) is 11.6 Å². The number of halogens is 2. The lowest BCUT2D eigenvalue weighted by Crippen LogP contribution is -2.02. The highest BCUT2D eigenvalue weighted by Gasteiger charge is 2.07. The van der Waals surface area contributed by atoms with Gasteiger partial charge in [0.25, 0.3) is 0 Å². The van der Waals surface area contributed by atoms with Crippen molar-refractivity contribution in [2.45, 2.75) is 0 Å². The van der Waals surface area contributed by atoms with Crippen molar-refractivity contribution in [3.8, 4) is 0 Å². The third-order valence-electron chi connectivity index (χ3n) is 2.74. The number of hydrogen-bond acceptors (Lipinski definition) is 3. The van der Waals surface area contributed by atoms with Crippen LogP contribution < -0.4 is 5.32 Å². The molecular formula is C16H13BrFNOS. The monoisotopic (exact) mass is 365 g/mol. The SMILES string of the molecule is CS/C(=C/C(=O)c1ccc(Br)cc1)Nc1ccccc1F. The third kappa shape index (κ3) is 4.44. The van der Waals surface area contributed by atoms with Crippen molar-refractivity contribution in [1.29, 1.82) is 0 Å². The molecular weight excluding hydrogens is 353 g/mol. The summed E-state index contributed by atoms with van der Waals surface area (Å²) in [4.78, 5) is 12.2. The molecule has 108 valence electrons. The average Bonchev–Trinajstić information content (AvgIpc) is 2.49. The number of para-hydroxylation sites is 1. The first-order valence-electron chi connectivity index (χ1n) is 6.17. The number of hydrogen-bond donors (Lipinski definition) is 1. The van der Waals surface area contributed by atoms with Crippen molar-refractivity contribution >= 4 is 39.2 Å². The predicted octanol–water partition coefficient (Wildman–Crippen LogP) is 5.09. The lowest BCUT2D eigenvalue weighted by atomic mass is 10.1. The fraction of sp³-hybridized carbons (Fsp3) is 0.0625. The maximum Gasteiger partial charge on any atom is 0.188 e. The van der Waals surface area contributed by atoms with Crippen LogP contribution in [0.3, 0.4) is 0 Å². The minimum absolute atomic E-state index is 0.129. The zero-order chi connectivity index (χ0) is 15.2. The summed E-state index contributed by atoms with van der Waals surface area (Å²) in [5.41, 5.74) is 0.932. The van der Waals surface area contributed by atoms with Crippen molar-refractivity contribution in [3.63, 3.8) is 0 Å². The van der Waals surface area contributed by atoms with Gasteiger partial charge in [0.05, 0.1) is 10.7 Å². The summed E-state index contributed by atoms with van der Waals surface area (Å²) in [5.74, 6) is -0.482. The maximum absolute atomic E-state index is 13.6. The molecule has 1 N–H and O–H groups in total. The van der Waals surface area contributed by atoms with E-state index >= 15 is 0 Å². The maximum atomic E-state index is 13.6. The molecule has 0 saturated carbocycles. The predicted molar refractivity (Wildman–Crippen MR) is 90.1 cm³/mol. The van der Waals surface area contributed by atoms with Gasteiger partial charge in [-0.1, -0.05) is 28.1 Å². The minimum Gasteiger partial charge on any atom is -0.348 e. The Labute approximate surface area is 135 Å². The molecule has 2 aromatic rings. The van der Waals surface area contributed by atoms with Crippen LogP contribution in [0.1, 0.15) is 10.4 Å². The Bertz CT molecular complexity index is 670. The van der Waals surface area contributed by atoms with Crippen LogP contribution in [0.5, 0.6) is 0 Å². The molecule has 0 aromatic heterocycles. The molecule has 0 aliphatic rings. The molecule has 0 aliphatic heterocycles. The summed E-state index contributed by atoms with van der Waals surface area (Å²) in [6.07, 6.45) is 3.30. The lowest BCUT2D eigenvalue weighted by molar-refractivity contribution is 0.104. The zero-order valence-corrected chi connectivity index (χ0v) is 13.7. The Hall–Kier alpha value is -1.59. The smallest absolute Gasteiger partial charge is 0.188 e. The summed E-state index contributed by atoms with van der Waals surface area (Å²) in [6, 6.07) is 13.5. The first-order valence-corrected chi connectivity index (χ1v) is 8.19. The molecule has 0 radical (unpaired) electrons. The third-order valence-corrected chi connectivity index (χ3v) is 3.93. The molecule has 2 rings (SSSR count). The quantitative estimate of drug-likeness (QED) is 0.591. The van der Waals surface area contributed by atoms with Gasteiger partial charge in [-0.3, -0.25) is 4.79 Å². The van der Waals surface area contributed by atoms with E-state index in [1.54, 1.807) is 30.3 Å². The average molecular weight is 366 g/mol. The molecule has 0 unspecified atom stereocenters. The standard InChI is InChI=1S/C16H13BrFNOS/c1-21-16(19-14-5-3-2-4-13(14)18)10-15(20)11-6-8-12(17)9-7-11/h2-10,19H,1H3/b16-10+. The number of thioether (sulfide) groups is 1. The van der Waals surface area contributed by atoms with Crippen molar-refractivity contribution in [2.75, 3.05) is 11.6 Å². The highest BCUT2D eigenvalue weighted by Crippen LogP contribution is 2.21. The summed E-state index contributed by atoms with van der Waals surface area (Å²) in [6.45, 7) is 0. The second kappa shape index (κ2) is 7.43. The molecule has 0 heterocycles. The number of benzene rings is 2. The van der Waals surface area contributed by atoms with Gasteiger partial charge in [0.1, 0.15) is 5.82 Å². The molecule has 0 fully saturated rings. The van der Waals surface area contributed by atoms with Crippen LogP contribution in [0, 0.1) is 5.82 Å². The van der Waals surface area contributed by atoms with Crippen LogP contribution in [-0.2, 0) is 0 Å². The van der Waals surface area contributed by atoms with Gasteiger partial charge in [-0.25, -0.2) is 4.39 Å². The van der Waals surface area contributed by atoms with Crippen molar-refractivity contribution in [2.24, 2.45) is 0 Å². The van der Waals surface area contributed by atoms with Crippen molar-refractivity contribution in [3.05, 3.63) is 75.5 Å². The molecule has 21 heavy (non-hydrogen) atoms. The van der Waals surface area contributed by atoms with Crippen molar-refractivity contribution in [1.82, 2.24) is 0 Å². The normalized spacial score (nSPS) is 11.3. The summed E-state index contributed by atoms with van der Waals surface area (Å²) in [7, 11) is 0. The number of rotatable bonds is 5. The topological polar surface area (TPSA) is 29.1 Å².